The molecule has 0 spiro atoms. The fraction of sp³-hybridized carbons (Fsp3) is 0.800. The summed E-state index contributed by atoms with van der Waals surface area (Å²) in [5.41, 5.74) is 5.47. The van der Waals surface area contributed by atoms with Crippen molar-refractivity contribution in [3.8, 4) is 0 Å². The van der Waals surface area contributed by atoms with Gasteiger partial charge in [-0.1, -0.05) is 19.1 Å². The number of hydrogen-bond donors (Lipinski definition) is 2. The third kappa shape index (κ3) is 4.03. The monoisotopic (exact) mass is 229 g/mol. The Balaban J connectivity index is 2.25. The van der Waals surface area contributed by atoms with Gasteiger partial charge in [0.2, 0.25) is 0 Å². The standard InChI is InChI=1S/C10H19N3OS/c1-8(9(11)15)7-12-10(14)13-5-3-2-4-6-13/h8H,2-7H2,1H3,(H2,11,15)(H,12,14). The molecule has 0 bridgehead atoms. The highest BCUT2D eigenvalue weighted by Crippen LogP contribution is 2.08. The first kappa shape index (κ1) is 12.2. The number of piperidine rings is 1. The molecule has 86 valence electrons. The minimum Gasteiger partial charge on any atom is -0.393 e. The molecule has 0 aromatic carbocycles. The third-order valence-electron chi connectivity index (χ3n) is 2.69. The summed E-state index contributed by atoms with van der Waals surface area (Å²) in [6, 6.07) is 0.0119. The zero-order chi connectivity index (χ0) is 11.3. The van der Waals surface area contributed by atoms with E-state index >= 15 is 0 Å². The quantitative estimate of drug-likeness (QED) is 0.713. The molecule has 3 N–H and O–H groups in total. The van der Waals surface area contributed by atoms with Crippen LogP contribution in [0.1, 0.15) is 26.2 Å². The highest BCUT2D eigenvalue weighted by molar-refractivity contribution is 7.80. The number of nitrogens with one attached hydrogen (secondary N) is 1. The van der Waals surface area contributed by atoms with Crippen LogP contribution in [0.3, 0.4) is 0 Å². The van der Waals surface area contributed by atoms with E-state index in [2.05, 4.69) is 5.32 Å². The molecule has 5 heteroatoms. The molecule has 0 aliphatic carbocycles. The second-order valence-corrected chi connectivity index (χ2v) is 4.51. The fourth-order valence-electron chi connectivity index (χ4n) is 1.55. The Hall–Kier alpha value is -0.840. The Bertz CT molecular complexity index is 239. The summed E-state index contributed by atoms with van der Waals surface area (Å²) in [5.74, 6) is 0.0636. The van der Waals surface area contributed by atoms with Crippen LogP contribution in [0.15, 0.2) is 0 Å². The van der Waals surface area contributed by atoms with Gasteiger partial charge in [0, 0.05) is 25.6 Å². The fourth-order valence-corrected chi connectivity index (χ4v) is 1.63. The minimum atomic E-state index is 0.0119. The molecule has 1 unspecified atom stereocenters. The van der Waals surface area contributed by atoms with Gasteiger partial charge in [-0.15, -0.1) is 0 Å². The predicted molar refractivity (Wildman–Crippen MR) is 64.8 cm³/mol. The van der Waals surface area contributed by atoms with Crippen LogP contribution in [0, 0.1) is 5.92 Å². The number of amides is 2. The van der Waals surface area contributed by atoms with Crippen LogP contribution in [0.4, 0.5) is 4.79 Å². The molecule has 0 aromatic rings. The van der Waals surface area contributed by atoms with Gasteiger partial charge in [-0.25, -0.2) is 4.79 Å². The van der Waals surface area contributed by atoms with E-state index in [1.807, 2.05) is 11.8 Å². The molecule has 4 nitrogen and oxygen atoms in total. The highest BCUT2D eigenvalue weighted by Gasteiger charge is 2.16. The summed E-state index contributed by atoms with van der Waals surface area (Å²) in [7, 11) is 0. The van der Waals surface area contributed by atoms with Crippen LogP contribution >= 0.6 is 12.2 Å². The van der Waals surface area contributed by atoms with Gasteiger partial charge in [-0.05, 0) is 19.3 Å². The molecule has 15 heavy (non-hydrogen) atoms. The Labute approximate surface area is 96.2 Å². The number of hydrogen-bond acceptors (Lipinski definition) is 2. The number of likely N-dealkylation sites (tertiary alicyclic amines) is 1. The van der Waals surface area contributed by atoms with Gasteiger partial charge < -0.3 is 16.0 Å². The molecule has 1 saturated heterocycles. The lowest BCUT2D eigenvalue weighted by molar-refractivity contribution is 0.186. The number of nitrogens with zero attached hydrogens (tertiary/aromatic N) is 1. The van der Waals surface area contributed by atoms with Gasteiger partial charge in [0.25, 0.3) is 0 Å². The van der Waals surface area contributed by atoms with Crippen molar-refractivity contribution in [2.45, 2.75) is 26.2 Å². The van der Waals surface area contributed by atoms with Gasteiger partial charge in [0.05, 0.1) is 4.99 Å². The largest absolute Gasteiger partial charge is 0.393 e. The molecule has 0 aromatic heterocycles. The molecular formula is C10H19N3OS. The molecule has 2 amide bonds. The van der Waals surface area contributed by atoms with Crippen LogP contribution in [0.25, 0.3) is 0 Å². The summed E-state index contributed by atoms with van der Waals surface area (Å²) in [4.78, 5) is 14.0. The molecule has 1 heterocycles. The van der Waals surface area contributed by atoms with Crippen molar-refractivity contribution in [3.63, 3.8) is 0 Å². The van der Waals surface area contributed by atoms with Crippen LogP contribution in [0.5, 0.6) is 0 Å². The summed E-state index contributed by atoms with van der Waals surface area (Å²) in [6.45, 7) is 4.18. The van der Waals surface area contributed by atoms with E-state index in [9.17, 15) is 4.79 Å². The zero-order valence-electron chi connectivity index (χ0n) is 9.16. The van der Waals surface area contributed by atoms with Crippen molar-refractivity contribution >= 4 is 23.2 Å². The van der Waals surface area contributed by atoms with E-state index in [1.165, 1.54) is 6.42 Å². The first-order valence-corrected chi connectivity index (χ1v) is 5.84. The topological polar surface area (TPSA) is 58.4 Å². The highest BCUT2D eigenvalue weighted by atomic mass is 32.1. The second-order valence-electron chi connectivity index (χ2n) is 4.04. The van der Waals surface area contributed by atoms with Crippen LogP contribution in [-0.2, 0) is 0 Å². The van der Waals surface area contributed by atoms with E-state index in [0.717, 1.165) is 25.9 Å². The number of nitrogens with two attached hydrogens (primary N) is 1. The van der Waals surface area contributed by atoms with Crippen LogP contribution in [-0.4, -0.2) is 35.6 Å². The normalized spacial score (nSPS) is 18.3. The van der Waals surface area contributed by atoms with E-state index in [0.29, 0.717) is 11.5 Å². The van der Waals surface area contributed by atoms with Crippen molar-refractivity contribution in [2.24, 2.45) is 11.7 Å². The van der Waals surface area contributed by atoms with Gasteiger partial charge in [-0.3, -0.25) is 0 Å². The SMILES string of the molecule is CC(CNC(=O)N1CCCCC1)C(N)=S. The summed E-state index contributed by atoms with van der Waals surface area (Å²) >= 11 is 4.84. The first-order valence-electron chi connectivity index (χ1n) is 5.43. The molecule has 0 saturated carbocycles. The van der Waals surface area contributed by atoms with Gasteiger partial charge in [0.1, 0.15) is 0 Å². The minimum absolute atomic E-state index is 0.0119. The van der Waals surface area contributed by atoms with Gasteiger partial charge >= 0.3 is 6.03 Å². The maximum absolute atomic E-state index is 11.7. The Morgan fingerprint density at radius 2 is 2.07 bits per heavy atom. The smallest absolute Gasteiger partial charge is 0.317 e. The lowest BCUT2D eigenvalue weighted by atomic mass is 10.1. The number of urea groups is 1. The van der Waals surface area contributed by atoms with Crippen LogP contribution < -0.4 is 11.1 Å². The van der Waals surface area contributed by atoms with Crippen molar-refractivity contribution in [1.82, 2.24) is 10.2 Å². The molecule has 0 radical (unpaired) electrons. The summed E-state index contributed by atoms with van der Waals surface area (Å²) in [6.07, 6.45) is 3.45. The van der Waals surface area contributed by atoms with Gasteiger partial charge in [-0.2, -0.15) is 0 Å². The van der Waals surface area contributed by atoms with Crippen molar-refractivity contribution < 1.29 is 4.79 Å². The molecule has 1 aliphatic rings. The number of carbonyl (C=O) groups is 1. The lowest BCUT2D eigenvalue weighted by Gasteiger charge is -2.27. The zero-order valence-corrected chi connectivity index (χ0v) is 9.98. The summed E-state index contributed by atoms with van der Waals surface area (Å²) < 4.78 is 0. The maximum atomic E-state index is 11.7. The van der Waals surface area contributed by atoms with E-state index < -0.39 is 0 Å². The van der Waals surface area contributed by atoms with Crippen molar-refractivity contribution in [2.75, 3.05) is 19.6 Å². The maximum Gasteiger partial charge on any atom is 0.317 e. The molecular weight excluding hydrogens is 210 g/mol. The molecule has 1 rings (SSSR count). The van der Waals surface area contributed by atoms with Crippen LogP contribution in [0.2, 0.25) is 0 Å². The van der Waals surface area contributed by atoms with E-state index in [-0.39, 0.29) is 11.9 Å². The molecule has 1 fully saturated rings. The molecule has 1 atom stereocenters. The number of rotatable bonds is 3. The van der Waals surface area contributed by atoms with E-state index in [4.69, 9.17) is 18.0 Å². The van der Waals surface area contributed by atoms with Crippen molar-refractivity contribution in [1.29, 1.82) is 0 Å². The first-order chi connectivity index (χ1) is 7.11. The van der Waals surface area contributed by atoms with Crippen molar-refractivity contribution in [3.05, 3.63) is 0 Å². The Morgan fingerprint density at radius 3 is 2.60 bits per heavy atom. The van der Waals surface area contributed by atoms with E-state index in [1.54, 1.807) is 0 Å². The number of thiocarbonyl (C=S) groups is 1. The Kier molecular flexibility index (Phi) is 4.81. The lowest BCUT2D eigenvalue weighted by Crippen LogP contribution is -2.45. The number of carbonyl (C=O) groups excluding carboxylic acids is 1. The second kappa shape index (κ2) is 5.90. The predicted octanol–water partition coefficient (Wildman–Crippen LogP) is 1.10. The third-order valence-corrected chi connectivity index (χ3v) is 3.09. The average Bonchev–Trinajstić information content (AvgIpc) is 2.26. The van der Waals surface area contributed by atoms with Gasteiger partial charge in [0.15, 0.2) is 0 Å². The molecule has 1 aliphatic heterocycles. The Morgan fingerprint density at radius 1 is 1.47 bits per heavy atom. The summed E-state index contributed by atoms with van der Waals surface area (Å²) in [5, 5.41) is 2.85. The average molecular weight is 229 g/mol.